The highest BCUT2D eigenvalue weighted by Gasteiger charge is 2.16. The van der Waals surface area contributed by atoms with E-state index in [9.17, 15) is 8.78 Å². The fourth-order valence-electron chi connectivity index (χ4n) is 1.90. The van der Waals surface area contributed by atoms with Crippen molar-refractivity contribution >= 4 is 21.6 Å². The number of hydrogen-bond donors (Lipinski definition) is 1. The number of nitrogens with two attached hydrogens (primary N) is 1. The molecular weight excluding hydrogens is 344 g/mol. The maximum absolute atomic E-state index is 13.4. The van der Waals surface area contributed by atoms with E-state index in [1.165, 1.54) is 35.0 Å². The van der Waals surface area contributed by atoms with Gasteiger partial charge < -0.3 is 5.73 Å². The van der Waals surface area contributed by atoms with Crippen molar-refractivity contribution < 1.29 is 8.78 Å². The second kappa shape index (κ2) is 5.21. The molecule has 3 rings (SSSR count). The van der Waals surface area contributed by atoms with Crippen LogP contribution in [0.2, 0.25) is 0 Å². The van der Waals surface area contributed by atoms with Gasteiger partial charge in [-0.1, -0.05) is 0 Å². The van der Waals surface area contributed by atoms with Crippen LogP contribution in [0.15, 0.2) is 40.9 Å². The highest BCUT2D eigenvalue weighted by molar-refractivity contribution is 9.10. The van der Waals surface area contributed by atoms with E-state index in [1.807, 2.05) is 0 Å². The van der Waals surface area contributed by atoms with Gasteiger partial charge in [0.05, 0.1) is 5.69 Å². The van der Waals surface area contributed by atoms with Gasteiger partial charge in [0.1, 0.15) is 11.6 Å². The van der Waals surface area contributed by atoms with E-state index in [1.54, 1.807) is 6.07 Å². The van der Waals surface area contributed by atoms with Crippen LogP contribution in [0, 0.1) is 11.6 Å². The minimum absolute atomic E-state index is 0.193. The van der Waals surface area contributed by atoms with Crippen molar-refractivity contribution in [1.82, 2.24) is 20.2 Å². The molecule has 0 radical (unpaired) electrons. The Balaban J connectivity index is 2.19. The molecule has 5 nitrogen and oxygen atoms in total. The van der Waals surface area contributed by atoms with Crippen molar-refractivity contribution in [3.8, 4) is 17.1 Å². The Labute approximate surface area is 126 Å². The lowest BCUT2D eigenvalue weighted by atomic mass is 10.1. The third-order valence-corrected chi connectivity index (χ3v) is 3.53. The summed E-state index contributed by atoms with van der Waals surface area (Å²) in [5, 5.41) is 11.3. The van der Waals surface area contributed by atoms with E-state index in [4.69, 9.17) is 5.73 Å². The minimum atomic E-state index is -0.456. The summed E-state index contributed by atoms with van der Waals surface area (Å²) in [4.78, 5) is 0. The van der Waals surface area contributed by atoms with Crippen molar-refractivity contribution in [3.05, 3.63) is 52.5 Å². The zero-order valence-electron chi connectivity index (χ0n) is 10.5. The van der Waals surface area contributed by atoms with Gasteiger partial charge in [0, 0.05) is 21.8 Å². The van der Waals surface area contributed by atoms with Crippen LogP contribution in [0.3, 0.4) is 0 Å². The van der Waals surface area contributed by atoms with Crippen LogP contribution in [-0.4, -0.2) is 20.2 Å². The SMILES string of the molecule is Nc1cc(F)ccc1-c1nnnn1-c1cc(F)ccc1Br. The van der Waals surface area contributed by atoms with Gasteiger partial charge in [0.15, 0.2) is 5.82 Å². The average molecular weight is 352 g/mol. The monoisotopic (exact) mass is 351 g/mol. The summed E-state index contributed by atoms with van der Waals surface area (Å²) in [5.41, 5.74) is 6.86. The lowest BCUT2D eigenvalue weighted by molar-refractivity contribution is 0.624. The van der Waals surface area contributed by atoms with Crippen LogP contribution in [0.25, 0.3) is 17.1 Å². The van der Waals surface area contributed by atoms with Crippen LogP contribution in [-0.2, 0) is 0 Å². The Morgan fingerprint density at radius 3 is 2.52 bits per heavy atom. The van der Waals surface area contributed by atoms with Gasteiger partial charge in [-0.2, -0.15) is 4.68 Å². The molecule has 2 N–H and O–H groups in total. The molecule has 0 atom stereocenters. The number of aromatic nitrogens is 4. The van der Waals surface area contributed by atoms with Crippen molar-refractivity contribution in [1.29, 1.82) is 0 Å². The van der Waals surface area contributed by atoms with Crippen molar-refractivity contribution in [2.24, 2.45) is 0 Å². The number of anilines is 1. The molecule has 8 heteroatoms. The number of halogens is 3. The van der Waals surface area contributed by atoms with Crippen molar-refractivity contribution in [2.45, 2.75) is 0 Å². The first-order valence-corrected chi connectivity index (χ1v) is 6.65. The first-order chi connectivity index (χ1) is 10.1. The summed E-state index contributed by atoms with van der Waals surface area (Å²) < 4.78 is 28.5. The Morgan fingerprint density at radius 2 is 1.76 bits per heavy atom. The second-order valence-corrected chi connectivity index (χ2v) is 5.10. The predicted molar refractivity (Wildman–Crippen MR) is 76.6 cm³/mol. The molecule has 0 aliphatic heterocycles. The lowest BCUT2D eigenvalue weighted by Gasteiger charge is -2.08. The molecule has 0 aliphatic rings. The third kappa shape index (κ3) is 2.49. The summed E-state index contributed by atoms with van der Waals surface area (Å²) in [5.74, 6) is -0.595. The minimum Gasteiger partial charge on any atom is -0.398 e. The zero-order valence-corrected chi connectivity index (χ0v) is 12.1. The van der Waals surface area contributed by atoms with Gasteiger partial charge in [0.25, 0.3) is 0 Å². The highest BCUT2D eigenvalue weighted by Crippen LogP contribution is 2.29. The summed E-state index contributed by atoms with van der Waals surface area (Å²) in [7, 11) is 0. The standard InChI is InChI=1S/C13H8BrF2N5/c14-10-4-2-8(16)6-12(10)21-13(18-19-20-21)9-3-1-7(15)5-11(9)17/h1-6H,17H2. The molecule has 0 saturated heterocycles. The largest absolute Gasteiger partial charge is 0.398 e. The van der Waals surface area contributed by atoms with E-state index < -0.39 is 11.6 Å². The summed E-state index contributed by atoms with van der Waals surface area (Å²) in [6.07, 6.45) is 0. The average Bonchev–Trinajstić information content (AvgIpc) is 2.90. The normalized spacial score (nSPS) is 10.8. The Bertz CT molecular complexity index is 818. The van der Waals surface area contributed by atoms with Crippen LogP contribution in [0.1, 0.15) is 0 Å². The number of tetrazole rings is 1. The first-order valence-electron chi connectivity index (χ1n) is 5.85. The molecule has 21 heavy (non-hydrogen) atoms. The zero-order chi connectivity index (χ0) is 15.0. The molecule has 0 spiro atoms. The van der Waals surface area contributed by atoms with Crippen LogP contribution in [0.5, 0.6) is 0 Å². The summed E-state index contributed by atoms with van der Waals surface area (Å²) in [6.45, 7) is 0. The fraction of sp³-hybridized carbons (Fsp3) is 0. The van der Waals surface area contributed by atoms with Gasteiger partial charge in [-0.05, 0) is 56.7 Å². The predicted octanol–water partition coefficient (Wildman–Crippen LogP) is 2.95. The molecule has 0 bridgehead atoms. The first kappa shape index (κ1) is 13.6. The van der Waals surface area contributed by atoms with Gasteiger partial charge in [-0.25, -0.2) is 8.78 Å². The smallest absolute Gasteiger partial charge is 0.189 e. The van der Waals surface area contributed by atoms with E-state index >= 15 is 0 Å². The third-order valence-electron chi connectivity index (χ3n) is 2.86. The molecule has 2 aromatic carbocycles. The molecule has 0 unspecified atom stereocenters. The Kier molecular flexibility index (Phi) is 3.38. The number of hydrogen-bond acceptors (Lipinski definition) is 4. The van der Waals surface area contributed by atoms with E-state index in [0.717, 1.165) is 0 Å². The number of nitrogen functional groups attached to an aromatic ring is 1. The molecular formula is C13H8BrF2N5. The topological polar surface area (TPSA) is 69.6 Å². The van der Waals surface area contributed by atoms with E-state index in [0.29, 0.717) is 21.5 Å². The quantitative estimate of drug-likeness (QED) is 0.720. The van der Waals surface area contributed by atoms with Gasteiger partial charge in [0.2, 0.25) is 0 Å². The maximum atomic E-state index is 13.4. The molecule has 0 saturated carbocycles. The summed E-state index contributed by atoms with van der Waals surface area (Å²) in [6, 6.07) is 8.04. The molecule has 0 amide bonds. The number of rotatable bonds is 2. The van der Waals surface area contributed by atoms with Crippen molar-refractivity contribution in [2.75, 3.05) is 5.73 Å². The molecule has 3 aromatic rings. The molecule has 0 fully saturated rings. The van der Waals surface area contributed by atoms with E-state index in [2.05, 4.69) is 31.5 Å². The van der Waals surface area contributed by atoms with Gasteiger partial charge in [-0.3, -0.25) is 0 Å². The van der Waals surface area contributed by atoms with Crippen LogP contribution >= 0.6 is 15.9 Å². The fourth-order valence-corrected chi connectivity index (χ4v) is 2.32. The van der Waals surface area contributed by atoms with Gasteiger partial charge >= 0.3 is 0 Å². The molecule has 1 heterocycles. The van der Waals surface area contributed by atoms with Crippen LogP contribution in [0.4, 0.5) is 14.5 Å². The molecule has 106 valence electrons. The van der Waals surface area contributed by atoms with Crippen LogP contribution < -0.4 is 5.73 Å². The Hall–Kier alpha value is -2.35. The number of nitrogens with zero attached hydrogens (tertiary/aromatic N) is 4. The second-order valence-electron chi connectivity index (χ2n) is 4.24. The highest BCUT2D eigenvalue weighted by atomic mass is 79.9. The van der Waals surface area contributed by atoms with Gasteiger partial charge in [-0.15, -0.1) is 5.10 Å². The maximum Gasteiger partial charge on any atom is 0.189 e. The van der Waals surface area contributed by atoms with Crippen molar-refractivity contribution in [3.63, 3.8) is 0 Å². The molecule has 0 aliphatic carbocycles. The summed E-state index contributed by atoms with van der Waals surface area (Å²) >= 11 is 3.31. The molecule has 1 aromatic heterocycles. The van der Waals surface area contributed by atoms with E-state index in [-0.39, 0.29) is 5.69 Å². The number of benzene rings is 2. The Morgan fingerprint density at radius 1 is 1.05 bits per heavy atom. The lowest BCUT2D eigenvalue weighted by Crippen LogP contribution is -2.03.